The number of nitrogens with one attached hydrogen (secondary N) is 1. The van der Waals surface area contributed by atoms with Gasteiger partial charge in [0.05, 0.1) is 6.54 Å². The number of hydrogen-bond acceptors (Lipinski definition) is 3. The maximum Gasteiger partial charge on any atom is 0.328 e. The fourth-order valence-corrected chi connectivity index (χ4v) is 2.13. The van der Waals surface area contributed by atoms with Crippen molar-refractivity contribution in [2.75, 3.05) is 0 Å². The quantitative estimate of drug-likeness (QED) is 0.859. The Morgan fingerprint density at radius 1 is 1.29 bits per heavy atom. The molecule has 0 bridgehead atoms. The molecule has 0 fully saturated rings. The van der Waals surface area contributed by atoms with Crippen LogP contribution in [0.5, 0.6) is 0 Å². The third kappa shape index (κ3) is 3.10. The summed E-state index contributed by atoms with van der Waals surface area (Å²) < 4.78 is 1.45. The lowest BCUT2D eigenvalue weighted by molar-refractivity contribution is 0.1000. The first-order valence-corrected chi connectivity index (χ1v) is 6.64. The molecule has 0 aliphatic heterocycles. The van der Waals surface area contributed by atoms with E-state index < -0.39 is 11.6 Å². The van der Waals surface area contributed by atoms with Gasteiger partial charge < -0.3 is 5.73 Å². The number of carbonyl (C=O) groups is 1. The van der Waals surface area contributed by atoms with Gasteiger partial charge in [0.2, 0.25) is 5.91 Å². The van der Waals surface area contributed by atoms with E-state index in [1.807, 2.05) is 13.8 Å². The molecule has 2 rings (SSSR count). The predicted octanol–water partition coefficient (Wildman–Crippen LogP) is 0.555. The number of aryl methyl sites for hydroxylation is 2. The van der Waals surface area contributed by atoms with Crippen LogP contribution in [0.2, 0.25) is 0 Å². The summed E-state index contributed by atoms with van der Waals surface area (Å²) >= 11 is 0. The summed E-state index contributed by atoms with van der Waals surface area (Å²) in [5.74, 6) is -0.487. The molecule has 0 atom stereocenters. The normalized spacial score (nSPS) is 10.6. The van der Waals surface area contributed by atoms with Crippen LogP contribution in [0.3, 0.4) is 0 Å². The van der Waals surface area contributed by atoms with E-state index in [0.717, 1.165) is 11.1 Å². The van der Waals surface area contributed by atoms with Crippen LogP contribution in [0.25, 0.3) is 0 Å². The molecule has 1 aromatic heterocycles. The molecule has 0 aliphatic carbocycles. The smallest absolute Gasteiger partial charge is 0.328 e. The average molecular weight is 287 g/mol. The average Bonchev–Trinajstić information content (AvgIpc) is 2.43. The Hall–Kier alpha value is -2.63. The van der Waals surface area contributed by atoms with Crippen LogP contribution in [-0.2, 0) is 13.0 Å². The molecule has 2 aromatic rings. The van der Waals surface area contributed by atoms with Crippen LogP contribution >= 0.6 is 0 Å². The number of aromatic amines is 1. The van der Waals surface area contributed by atoms with Crippen molar-refractivity contribution in [3.63, 3.8) is 0 Å². The molecule has 21 heavy (non-hydrogen) atoms. The second-order valence-electron chi connectivity index (χ2n) is 4.90. The number of carbonyl (C=O) groups excluding carboxylic acids is 1. The Morgan fingerprint density at radius 3 is 2.57 bits per heavy atom. The van der Waals surface area contributed by atoms with Crippen LogP contribution in [0, 0.1) is 6.92 Å². The van der Waals surface area contributed by atoms with E-state index in [4.69, 9.17) is 5.73 Å². The highest BCUT2D eigenvalue weighted by Crippen LogP contribution is 2.12. The summed E-state index contributed by atoms with van der Waals surface area (Å²) in [6, 6.07) is 5.08. The summed E-state index contributed by atoms with van der Waals surface area (Å²) in [5.41, 5.74) is 7.17. The largest absolute Gasteiger partial charge is 0.366 e. The number of amides is 1. The Balaban J connectivity index is 2.41. The van der Waals surface area contributed by atoms with Crippen molar-refractivity contribution in [2.45, 2.75) is 26.8 Å². The van der Waals surface area contributed by atoms with Gasteiger partial charge >= 0.3 is 5.69 Å². The number of primary amides is 1. The van der Waals surface area contributed by atoms with Crippen molar-refractivity contribution in [1.82, 2.24) is 9.55 Å². The third-order valence-electron chi connectivity index (χ3n) is 3.43. The molecule has 0 saturated carbocycles. The van der Waals surface area contributed by atoms with Crippen LogP contribution in [0.4, 0.5) is 0 Å². The third-order valence-corrected chi connectivity index (χ3v) is 3.43. The Labute approximate surface area is 121 Å². The van der Waals surface area contributed by atoms with Crippen molar-refractivity contribution in [3.8, 4) is 0 Å². The molecule has 1 aromatic carbocycles. The van der Waals surface area contributed by atoms with Gasteiger partial charge in [-0.2, -0.15) is 0 Å². The van der Waals surface area contributed by atoms with Gasteiger partial charge in [0.15, 0.2) is 0 Å². The van der Waals surface area contributed by atoms with Gasteiger partial charge in [0, 0.05) is 17.3 Å². The van der Waals surface area contributed by atoms with Gasteiger partial charge in [-0.25, -0.2) is 4.79 Å². The molecular weight excluding hydrogens is 270 g/mol. The van der Waals surface area contributed by atoms with Crippen LogP contribution in [0.1, 0.15) is 34.0 Å². The number of H-pyrrole nitrogens is 1. The van der Waals surface area contributed by atoms with Gasteiger partial charge in [-0.3, -0.25) is 19.1 Å². The van der Waals surface area contributed by atoms with Crippen LogP contribution in [0.15, 0.2) is 34.0 Å². The molecule has 6 nitrogen and oxygen atoms in total. The number of benzene rings is 1. The second-order valence-corrected chi connectivity index (χ2v) is 4.90. The van der Waals surface area contributed by atoms with Gasteiger partial charge in [-0.15, -0.1) is 0 Å². The molecule has 0 unspecified atom stereocenters. The summed E-state index contributed by atoms with van der Waals surface area (Å²) in [5, 5.41) is 0. The second kappa shape index (κ2) is 5.78. The van der Waals surface area contributed by atoms with Gasteiger partial charge in [-0.05, 0) is 36.6 Å². The van der Waals surface area contributed by atoms with E-state index in [-0.39, 0.29) is 5.56 Å². The van der Waals surface area contributed by atoms with Crippen molar-refractivity contribution < 1.29 is 4.79 Å². The highest BCUT2D eigenvalue weighted by molar-refractivity contribution is 5.93. The highest BCUT2D eigenvalue weighted by atomic mass is 16.2. The fourth-order valence-electron chi connectivity index (χ4n) is 2.13. The zero-order chi connectivity index (χ0) is 15.6. The number of nitrogens with zero attached hydrogens (tertiary/aromatic N) is 1. The zero-order valence-corrected chi connectivity index (χ0v) is 12.0. The number of rotatable bonds is 4. The maximum absolute atomic E-state index is 11.8. The number of nitrogens with two attached hydrogens (primary N) is 1. The molecule has 0 saturated heterocycles. The number of hydrogen-bond donors (Lipinski definition) is 2. The Morgan fingerprint density at radius 2 is 2.00 bits per heavy atom. The minimum absolute atomic E-state index is 0.327. The lowest BCUT2D eigenvalue weighted by atomic mass is 10.0. The molecule has 1 amide bonds. The first kappa shape index (κ1) is 14.8. The molecule has 3 N–H and O–H groups in total. The summed E-state index contributed by atoms with van der Waals surface area (Å²) in [6.45, 7) is 4.03. The number of aromatic nitrogens is 2. The molecule has 0 spiro atoms. The molecule has 110 valence electrons. The zero-order valence-electron chi connectivity index (χ0n) is 12.0. The first-order chi connectivity index (χ1) is 9.92. The van der Waals surface area contributed by atoms with E-state index in [9.17, 15) is 14.4 Å². The van der Waals surface area contributed by atoms with E-state index in [1.165, 1.54) is 4.57 Å². The van der Waals surface area contributed by atoms with Crippen LogP contribution < -0.4 is 17.0 Å². The predicted molar refractivity (Wildman–Crippen MR) is 79.5 cm³/mol. The van der Waals surface area contributed by atoms with E-state index >= 15 is 0 Å². The summed E-state index contributed by atoms with van der Waals surface area (Å²) in [4.78, 5) is 36.8. The van der Waals surface area contributed by atoms with Crippen LogP contribution in [-0.4, -0.2) is 15.5 Å². The standard InChI is InChI=1S/C15H17N3O3/c1-3-10-7-18(15(21)17-14(10)20)8-12-5-4-11(13(16)19)6-9(12)2/h4-7H,3,8H2,1-2H3,(H2,16,19)(H,17,20,21). The minimum atomic E-state index is -0.487. The van der Waals surface area contributed by atoms with Gasteiger partial charge in [-0.1, -0.05) is 13.0 Å². The molecular formula is C15H17N3O3. The monoisotopic (exact) mass is 287 g/mol. The van der Waals surface area contributed by atoms with Crippen molar-refractivity contribution in [3.05, 3.63) is 67.5 Å². The maximum atomic E-state index is 11.8. The Bertz CT molecular complexity index is 803. The van der Waals surface area contributed by atoms with Crippen molar-refractivity contribution in [1.29, 1.82) is 0 Å². The first-order valence-electron chi connectivity index (χ1n) is 6.64. The van der Waals surface area contributed by atoms with E-state index in [1.54, 1.807) is 24.4 Å². The topological polar surface area (TPSA) is 97.9 Å². The Kier molecular flexibility index (Phi) is 4.07. The summed E-state index contributed by atoms with van der Waals surface area (Å²) in [6.07, 6.45) is 2.12. The SMILES string of the molecule is CCc1cn(Cc2ccc(C(N)=O)cc2C)c(=O)[nH]c1=O. The van der Waals surface area contributed by atoms with Crippen molar-refractivity contribution in [2.24, 2.45) is 5.73 Å². The van der Waals surface area contributed by atoms with E-state index in [2.05, 4.69) is 4.98 Å². The highest BCUT2D eigenvalue weighted by Gasteiger charge is 2.07. The van der Waals surface area contributed by atoms with Crippen molar-refractivity contribution >= 4 is 5.91 Å². The van der Waals surface area contributed by atoms with Gasteiger partial charge in [0.25, 0.3) is 5.56 Å². The lowest BCUT2D eigenvalue weighted by Gasteiger charge is -2.10. The molecule has 0 aliphatic rings. The van der Waals surface area contributed by atoms with E-state index in [0.29, 0.717) is 24.1 Å². The molecule has 1 heterocycles. The fraction of sp³-hybridized carbons (Fsp3) is 0.267. The molecule has 0 radical (unpaired) electrons. The van der Waals surface area contributed by atoms with Gasteiger partial charge in [0.1, 0.15) is 0 Å². The summed E-state index contributed by atoms with van der Waals surface area (Å²) in [7, 11) is 0. The minimum Gasteiger partial charge on any atom is -0.366 e. The lowest BCUT2D eigenvalue weighted by Crippen LogP contribution is -2.32. The molecule has 6 heteroatoms.